The monoisotopic (exact) mass is 368 g/mol. The van der Waals surface area contributed by atoms with Crippen molar-refractivity contribution >= 4 is 11.9 Å². The van der Waals surface area contributed by atoms with Gasteiger partial charge in [-0.3, -0.25) is 4.79 Å². The van der Waals surface area contributed by atoms with Gasteiger partial charge in [0.25, 0.3) is 0 Å². The molecule has 0 amide bonds. The molecule has 4 nitrogen and oxygen atoms in total. The Morgan fingerprint density at radius 2 is 0.885 bits per heavy atom. The molecule has 0 radical (unpaired) electrons. The quantitative estimate of drug-likeness (QED) is 0.184. The molecule has 0 fully saturated rings. The van der Waals surface area contributed by atoms with Crippen molar-refractivity contribution in [2.75, 3.05) is 0 Å². The molecule has 0 aliphatic rings. The van der Waals surface area contributed by atoms with E-state index in [-0.39, 0.29) is 0 Å². The summed E-state index contributed by atoms with van der Waals surface area (Å²) in [6.07, 6.45) is 24.2. The van der Waals surface area contributed by atoms with E-state index in [1.54, 1.807) is 6.08 Å². The zero-order valence-corrected chi connectivity index (χ0v) is 16.6. The topological polar surface area (TPSA) is 74.6 Å². The smallest absolute Gasteiger partial charge is 0.327 e. The molecule has 26 heavy (non-hydrogen) atoms. The van der Waals surface area contributed by atoms with Crippen molar-refractivity contribution < 1.29 is 19.8 Å². The zero-order chi connectivity index (χ0) is 19.3. The normalized spacial score (nSPS) is 11.2. The van der Waals surface area contributed by atoms with Gasteiger partial charge in [-0.2, -0.15) is 0 Å². The van der Waals surface area contributed by atoms with E-state index in [4.69, 9.17) is 10.2 Å². The van der Waals surface area contributed by atoms with Gasteiger partial charge in [-0.25, -0.2) is 4.79 Å². The lowest BCUT2D eigenvalue weighted by molar-refractivity contribution is -0.137. The molecule has 0 saturated carbocycles. The molecule has 2 N–H and O–H groups in total. The summed E-state index contributed by atoms with van der Waals surface area (Å²) >= 11 is 0. The molecular weight excluding hydrogens is 328 g/mol. The van der Waals surface area contributed by atoms with Crippen molar-refractivity contribution in [3.8, 4) is 0 Å². The van der Waals surface area contributed by atoms with Crippen molar-refractivity contribution in [2.24, 2.45) is 0 Å². The van der Waals surface area contributed by atoms with Crippen LogP contribution in [-0.4, -0.2) is 22.2 Å². The first-order chi connectivity index (χ1) is 12.6. The number of unbranched alkanes of at least 4 members (excludes halogenated alkanes) is 16. The summed E-state index contributed by atoms with van der Waals surface area (Å²) in [7, 11) is 0. The minimum atomic E-state index is -0.849. The average Bonchev–Trinajstić information content (AvgIpc) is 2.59. The van der Waals surface area contributed by atoms with Crippen LogP contribution in [0, 0.1) is 0 Å². The molecule has 0 unspecified atom stereocenters. The van der Waals surface area contributed by atoms with Gasteiger partial charge < -0.3 is 10.2 Å². The summed E-state index contributed by atoms with van der Waals surface area (Å²) in [5.41, 5.74) is 0. The molecule has 0 heterocycles. The predicted octanol–water partition coefficient (Wildman–Crippen LogP) is 6.73. The molecule has 0 rings (SSSR count). The van der Waals surface area contributed by atoms with E-state index in [0.717, 1.165) is 25.7 Å². The third-order valence-corrected chi connectivity index (χ3v) is 4.77. The van der Waals surface area contributed by atoms with E-state index >= 15 is 0 Å². The maximum Gasteiger partial charge on any atom is 0.327 e. The van der Waals surface area contributed by atoms with Gasteiger partial charge in [0.2, 0.25) is 0 Å². The van der Waals surface area contributed by atoms with Gasteiger partial charge in [0.15, 0.2) is 0 Å². The number of hydrogen-bond donors (Lipinski definition) is 2. The molecule has 0 aromatic carbocycles. The summed E-state index contributed by atoms with van der Waals surface area (Å²) < 4.78 is 0. The maximum atomic E-state index is 10.4. The highest BCUT2D eigenvalue weighted by molar-refractivity contribution is 5.79. The van der Waals surface area contributed by atoms with E-state index in [1.807, 2.05) is 0 Å². The standard InChI is InChI=1S/C22H40O4/c23-21(24)19-17-15-13-11-9-7-5-3-1-2-4-6-8-10-12-14-16-18-20-22(25)26/h17,19H,1-16,18,20H2,(H,23,24)(H,25,26)/b19-17-. The maximum absolute atomic E-state index is 10.4. The lowest BCUT2D eigenvalue weighted by Crippen LogP contribution is -1.93. The van der Waals surface area contributed by atoms with Gasteiger partial charge in [-0.1, -0.05) is 96.0 Å². The Morgan fingerprint density at radius 3 is 1.23 bits per heavy atom. The molecule has 0 atom stereocenters. The van der Waals surface area contributed by atoms with Crippen molar-refractivity contribution in [3.63, 3.8) is 0 Å². The Balaban J connectivity index is 3.05. The number of hydrogen-bond acceptors (Lipinski definition) is 2. The van der Waals surface area contributed by atoms with E-state index in [2.05, 4.69) is 0 Å². The van der Waals surface area contributed by atoms with Gasteiger partial charge in [-0.15, -0.1) is 0 Å². The van der Waals surface area contributed by atoms with E-state index in [0.29, 0.717) is 6.42 Å². The highest BCUT2D eigenvalue weighted by Gasteiger charge is 1.97. The molecule has 0 spiro atoms. The summed E-state index contributed by atoms with van der Waals surface area (Å²) in [6, 6.07) is 0. The lowest BCUT2D eigenvalue weighted by Gasteiger charge is -2.03. The second-order valence-corrected chi connectivity index (χ2v) is 7.33. The van der Waals surface area contributed by atoms with Crippen LogP contribution in [0.25, 0.3) is 0 Å². The molecule has 4 heteroatoms. The zero-order valence-electron chi connectivity index (χ0n) is 16.6. The van der Waals surface area contributed by atoms with Crippen LogP contribution in [0.3, 0.4) is 0 Å². The number of carbonyl (C=O) groups is 2. The van der Waals surface area contributed by atoms with Crippen LogP contribution in [0.2, 0.25) is 0 Å². The van der Waals surface area contributed by atoms with Crippen LogP contribution >= 0.6 is 0 Å². The number of carboxylic acids is 2. The first-order valence-corrected chi connectivity index (χ1v) is 10.7. The van der Waals surface area contributed by atoms with Gasteiger partial charge in [0.1, 0.15) is 0 Å². The van der Waals surface area contributed by atoms with Crippen LogP contribution in [0.4, 0.5) is 0 Å². The highest BCUT2D eigenvalue weighted by atomic mass is 16.4. The van der Waals surface area contributed by atoms with Gasteiger partial charge in [0, 0.05) is 12.5 Å². The molecule has 0 aromatic rings. The number of aliphatic carboxylic acids is 2. The van der Waals surface area contributed by atoms with Crippen LogP contribution in [-0.2, 0) is 9.59 Å². The number of allylic oxidation sites excluding steroid dienone is 1. The van der Waals surface area contributed by atoms with Crippen molar-refractivity contribution in [3.05, 3.63) is 12.2 Å². The average molecular weight is 369 g/mol. The van der Waals surface area contributed by atoms with Crippen LogP contribution in [0.1, 0.15) is 116 Å². The first kappa shape index (κ1) is 24.7. The number of carboxylic acid groups (broad SMARTS) is 2. The lowest BCUT2D eigenvalue weighted by atomic mass is 10.0. The Kier molecular flexibility index (Phi) is 19.0. The van der Waals surface area contributed by atoms with Crippen LogP contribution in [0.5, 0.6) is 0 Å². The third-order valence-electron chi connectivity index (χ3n) is 4.77. The molecule has 0 saturated heterocycles. The Morgan fingerprint density at radius 1 is 0.538 bits per heavy atom. The fourth-order valence-corrected chi connectivity index (χ4v) is 3.20. The SMILES string of the molecule is O=C(O)/C=C\CCCCCCCCCCCCCCCCCCC(=O)O. The predicted molar refractivity (Wildman–Crippen MR) is 108 cm³/mol. The van der Waals surface area contributed by atoms with E-state index in [1.165, 1.54) is 89.5 Å². The Hall–Kier alpha value is -1.32. The van der Waals surface area contributed by atoms with Gasteiger partial charge >= 0.3 is 11.9 Å². The van der Waals surface area contributed by atoms with Crippen molar-refractivity contribution in [1.82, 2.24) is 0 Å². The number of rotatable bonds is 20. The second kappa shape index (κ2) is 20.0. The van der Waals surface area contributed by atoms with E-state index in [9.17, 15) is 9.59 Å². The fourth-order valence-electron chi connectivity index (χ4n) is 3.20. The highest BCUT2D eigenvalue weighted by Crippen LogP contribution is 2.14. The largest absolute Gasteiger partial charge is 0.481 e. The Labute approximate surface area is 160 Å². The minimum Gasteiger partial charge on any atom is -0.481 e. The summed E-state index contributed by atoms with van der Waals surface area (Å²) in [5, 5.41) is 17.0. The molecule has 152 valence electrons. The van der Waals surface area contributed by atoms with Crippen molar-refractivity contribution in [1.29, 1.82) is 0 Å². The third kappa shape index (κ3) is 22.7. The van der Waals surface area contributed by atoms with Crippen molar-refractivity contribution in [2.45, 2.75) is 116 Å². The molecule has 0 bridgehead atoms. The molecule has 0 aliphatic heterocycles. The molecule has 0 aromatic heterocycles. The first-order valence-electron chi connectivity index (χ1n) is 10.7. The summed E-state index contributed by atoms with van der Waals surface area (Å²) in [5.74, 6) is -1.52. The molecule has 0 aliphatic carbocycles. The minimum absolute atomic E-state index is 0.324. The van der Waals surface area contributed by atoms with Crippen LogP contribution < -0.4 is 0 Å². The molecular formula is C22H40O4. The summed E-state index contributed by atoms with van der Waals surface area (Å²) in [4.78, 5) is 20.7. The fraction of sp³-hybridized carbons (Fsp3) is 0.818. The van der Waals surface area contributed by atoms with Crippen LogP contribution in [0.15, 0.2) is 12.2 Å². The second-order valence-electron chi connectivity index (χ2n) is 7.33. The Bertz CT molecular complexity index is 363. The van der Waals surface area contributed by atoms with Gasteiger partial charge in [-0.05, 0) is 19.3 Å². The summed E-state index contributed by atoms with van der Waals surface area (Å²) in [6.45, 7) is 0. The van der Waals surface area contributed by atoms with Gasteiger partial charge in [0.05, 0.1) is 0 Å². The van der Waals surface area contributed by atoms with E-state index < -0.39 is 11.9 Å².